The molecule has 1 atom stereocenters. The Morgan fingerprint density at radius 2 is 1.72 bits per heavy atom. The number of rotatable bonds is 10. The van der Waals surface area contributed by atoms with E-state index in [-0.39, 0.29) is 18.5 Å². The highest BCUT2D eigenvalue weighted by atomic mass is 79.9. The van der Waals surface area contributed by atoms with Gasteiger partial charge in [-0.15, -0.1) is 0 Å². The third kappa shape index (κ3) is 7.70. The molecule has 1 N–H and O–H groups in total. The summed E-state index contributed by atoms with van der Waals surface area (Å²) < 4.78 is 27.0. The quantitative estimate of drug-likeness (QED) is 0.411. The molecule has 0 heterocycles. The van der Waals surface area contributed by atoms with Gasteiger partial charge in [-0.05, 0) is 65.0 Å². The van der Waals surface area contributed by atoms with Gasteiger partial charge >= 0.3 is 0 Å². The molecule has 3 rings (SSSR count). The molecule has 10 heteroatoms. The van der Waals surface area contributed by atoms with Gasteiger partial charge in [-0.1, -0.05) is 62.1 Å². The first-order valence-corrected chi connectivity index (χ1v) is 15.2. The van der Waals surface area contributed by atoms with Crippen LogP contribution in [0.3, 0.4) is 0 Å². The molecule has 0 aromatic heterocycles. The number of carbonyl (C=O) groups is 2. The molecular weight excluding hydrogens is 566 g/mol. The standard InChI is InChI=1S/C26H33BrClN3O4S/c1-3-23(26(33)29-21-9-5-4-6-10-21)30(17-19-13-15-20(28)16-14-19)25(32)18-31(36(2,34)35)24-12-8-7-11-22(24)27/h7-8,11-16,21,23H,3-6,9-10,17-18H2,1-2H3,(H,29,33). The van der Waals surface area contributed by atoms with Crippen LogP contribution < -0.4 is 9.62 Å². The third-order valence-electron chi connectivity index (χ3n) is 6.40. The number of para-hydroxylation sites is 1. The lowest BCUT2D eigenvalue weighted by molar-refractivity contribution is -0.140. The van der Waals surface area contributed by atoms with Crippen LogP contribution in [0, 0.1) is 0 Å². The first kappa shape index (κ1) is 28.5. The zero-order valence-corrected chi connectivity index (χ0v) is 23.8. The van der Waals surface area contributed by atoms with Gasteiger partial charge in [0.05, 0.1) is 11.9 Å². The minimum atomic E-state index is -3.79. The van der Waals surface area contributed by atoms with Crippen LogP contribution >= 0.6 is 27.5 Å². The summed E-state index contributed by atoms with van der Waals surface area (Å²) in [6.07, 6.45) is 6.63. The highest BCUT2D eigenvalue weighted by Gasteiger charge is 2.33. The Hall–Kier alpha value is -2.10. The number of anilines is 1. The van der Waals surface area contributed by atoms with Gasteiger partial charge in [0, 0.05) is 22.1 Å². The van der Waals surface area contributed by atoms with Crippen LogP contribution in [0.15, 0.2) is 53.0 Å². The van der Waals surface area contributed by atoms with Crippen LogP contribution in [0.5, 0.6) is 0 Å². The molecule has 36 heavy (non-hydrogen) atoms. The summed E-state index contributed by atoms with van der Waals surface area (Å²) in [7, 11) is -3.79. The maximum atomic E-state index is 13.8. The number of nitrogens with one attached hydrogen (secondary N) is 1. The Morgan fingerprint density at radius 3 is 2.31 bits per heavy atom. The van der Waals surface area contributed by atoms with Crippen molar-refractivity contribution in [3.8, 4) is 0 Å². The second-order valence-corrected chi connectivity index (χ2v) is 12.3. The highest BCUT2D eigenvalue weighted by molar-refractivity contribution is 9.10. The van der Waals surface area contributed by atoms with Crippen LogP contribution in [0.1, 0.15) is 51.0 Å². The lowest BCUT2D eigenvalue weighted by atomic mass is 9.95. The highest BCUT2D eigenvalue weighted by Crippen LogP contribution is 2.28. The molecule has 2 aromatic rings. The molecule has 1 unspecified atom stereocenters. The molecule has 0 aliphatic heterocycles. The van der Waals surface area contributed by atoms with E-state index < -0.39 is 28.5 Å². The fourth-order valence-electron chi connectivity index (χ4n) is 4.50. The average molecular weight is 599 g/mol. The minimum Gasteiger partial charge on any atom is -0.352 e. The topological polar surface area (TPSA) is 86.8 Å². The van der Waals surface area contributed by atoms with Crippen molar-refractivity contribution in [3.63, 3.8) is 0 Å². The molecule has 7 nitrogen and oxygen atoms in total. The van der Waals surface area contributed by atoms with Crippen molar-refractivity contribution in [2.24, 2.45) is 0 Å². The zero-order chi connectivity index (χ0) is 26.3. The number of halogens is 2. The van der Waals surface area contributed by atoms with E-state index in [1.54, 1.807) is 48.5 Å². The number of nitrogens with zero attached hydrogens (tertiary/aromatic N) is 2. The first-order chi connectivity index (χ1) is 17.1. The van der Waals surface area contributed by atoms with E-state index in [9.17, 15) is 18.0 Å². The van der Waals surface area contributed by atoms with Crippen LogP contribution in [-0.2, 0) is 26.2 Å². The van der Waals surface area contributed by atoms with E-state index >= 15 is 0 Å². The summed E-state index contributed by atoms with van der Waals surface area (Å²) in [5, 5.41) is 3.70. The lowest BCUT2D eigenvalue weighted by Gasteiger charge is -2.34. The van der Waals surface area contributed by atoms with Crippen molar-refractivity contribution < 1.29 is 18.0 Å². The van der Waals surface area contributed by atoms with Crippen LogP contribution in [0.25, 0.3) is 0 Å². The minimum absolute atomic E-state index is 0.0978. The SMILES string of the molecule is CCC(C(=O)NC1CCCCC1)N(Cc1ccc(Cl)cc1)C(=O)CN(c1ccccc1Br)S(C)(=O)=O. The fraction of sp³-hybridized carbons (Fsp3) is 0.462. The number of hydrogen-bond donors (Lipinski definition) is 1. The van der Waals surface area contributed by atoms with Gasteiger partial charge in [0.15, 0.2) is 0 Å². The molecule has 1 aliphatic carbocycles. The van der Waals surface area contributed by atoms with Gasteiger partial charge in [-0.2, -0.15) is 0 Å². The van der Waals surface area contributed by atoms with Crippen molar-refractivity contribution in [2.45, 2.75) is 64.1 Å². The van der Waals surface area contributed by atoms with Crippen molar-refractivity contribution in [1.82, 2.24) is 10.2 Å². The number of carbonyl (C=O) groups excluding carboxylic acids is 2. The van der Waals surface area contributed by atoms with Crippen molar-refractivity contribution in [1.29, 1.82) is 0 Å². The Labute approximate surface area is 227 Å². The first-order valence-electron chi connectivity index (χ1n) is 12.2. The third-order valence-corrected chi connectivity index (χ3v) is 8.45. The maximum Gasteiger partial charge on any atom is 0.244 e. The smallest absolute Gasteiger partial charge is 0.244 e. The molecule has 0 bridgehead atoms. The fourth-order valence-corrected chi connectivity index (χ4v) is 6.10. The summed E-state index contributed by atoms with van der Waals surface area (Å²) in [6.45, 7) is 1.58. The van der Waals surface area contributed by atoms with E-state index in [0.717, 1.165) is 41.8 Å². The number of amides is 2. The number of sulfonamides is 1. The summed E-state index contributed by atoms with van der Waals surface area (Å²) in [5.74, 6) is -0.671. The number of benzene rings is 2. The second kappa shape index (κ2) is 12.9. The Bertz CT molecular complexity index is 1150. The Kier molecular flexibility index (Phi) is 10.2. The normalized spacial score (nSPS) is 15.2. The second-order valence-electron chi connectivity index (χ2n) is 9.14. The number of hydrogen-bond acceptors (Lipinski definition) is 4. The molecule has 0 saturated heterocycles. The van der Waals surface area contributed by atoms with E-state index in [1.807, 2.05) is 6.92 Å². The zero-order valence-electron chi connectivity index (χ0n) is 20.6. The monoisotopic (exact) mass is 597 g/mol. The van der Waals surface area contributed by atoms with Crippen molar-refractivity contribution >= 4 is 55.1 Å². The summed E-state index contributed by atoms with van der Waals surface area (Å²) in [4.78, 5) is 28.6. The van der Waals surface area contributed by atoms with Gasteiger partial charge in [0.1, 0.15) is 12.6 Å². The van der Waals surface area contributed by atoms with E-state index in [0.29, 0.717) is 21.6 Å². The Balaban J connectivity index is 1.91. The summed E-state index contributed by atoms with van der Waals surface area (Å²) in [5.41, 5.74) is 1.16. The molecule has 1 aliphatic rings. The maximum absolute atomic E-state index is 13.8. The van der Waals surface area contributed by atoms with Crippen LogP contribution in [-0.4, -0.2) is 50.0 Å². The van der Waals surface area contributed by atoms with Gasteiger partial charge < -0.3 is 10.2 Å². The summed E-state index contributed by atoms with van der Waals surface area (Å²) in [6, 6.07) is 13.2. The Morgan fingerprint density at radius 1 is 1.08 bits per heavy atom. The van der Waals surface area contributed by atoms with Crippen molar-refractivity contribution in [2.75, 3.05) is 17.1 Å². The molecule has 1 saturated carbocycles. The van der Waals surface area contributed by atoms with Crippen molar-refractivity contribution in [3.05, 3.63) is 63.6 Å². The lowest BCUT2D eigenvalue weighted by Crippen LogP contribution is -2.54. The molecule has 2 amide bonds. The van der Waals surface area contributed by atoms with E-state index in [2.05, 4.69) is 21.2 Å². The predicted octanol–water partition coefficient (Wildman–Crippen LogP) is 5.12. The molecule has 0 radical (unpaired) electrons. The summed E-state index contributed by atoms with van der Waals surface area (Å²) >= 11 is 9.43. The van der Waals surface area contributed by atoms with Gasteiger partial charge in [-0.25, -0.2) is 8.42 Å². The van der Waals surface area contributed by atoms with E-state index in [4.69, 9.17) is 11.6 Å². The molecular formula is C26H33BrClN3O4S. The van der Waals surface area contributed by atoms with E-state index in [1.165, 1.54) is 11.3 Å². The van der Waals surface area contributed by atoms with Gasteiger partial charge in [0.25, 0.3) is 0 Å². The molecule has 0 spiro atoms. The molecule has 1 fully saturated rings. The predicted molar refractivity (Wildman–Crippen MR) is 147 cm³/mol. The van der Waals surface area contributed by atoms with Gasteiger partial charge in [-0.3, -0.25) is 13.9 Å². The molecule has 196 valence electrons. The molecule has 2 aromatic carbocycles. The largest absolute Gasteiger partial charge is 0.352 e. The van der Waals surface area contributed by atoms with Gasteiger partial charge in [0.2, 0.25) is 21.8 Å². The van der Waals surface area contributed by atoms with Crippen LogP contribution in [0.4, 0.5) is 5.69 Å². The van der Waals surface area contributed by atoms with Crippen LogP contribution in [0.2, 0.25) is 5.02 Å². The average Bonchev–Trinajstić information content (AvgIpc) is 2.84.